The summed E-state index contributed by atoms with van der Waals surface area (Å²) in [4.78, 5) is 63.9. The van der Waals surface area contributed by atoms with Gasteiger partial charge in [0, 0.05) is 25.1 Å². The van der Waals surface area contributed by atoms with Crippen molar-refractivity contribution < 1.29 is 38.6 Å². The first kappa shape index (κ1) is 32.9. The molecule has 1 aromatic rings. The molecule has 1 aromatic carbocycles. The van der Waals surface area contributed by atoms with E-state index in [0.29, 0.717) is 11.1 Å². The average Bonchev–Trinajstić information content (AvgIpc) is 2.85. The Morgan fingerprint density at radius 2 is 1.77 bits per heavy atom. The van der Waals surface area contributed by atoms with Gasteiger partial charge in [-0.3, -0.25) is 19.2 Å². The lowest BCUT2D eigenvalue weighted by molar-refractivity contribution is -0.144. The van der Waals surface area contributed by atoms with Crippen LogP contribution in [0.5, 0.6) is 0 Å². The molecule has 2 atom stereocenters. The molecule has 5 N–H and O–H groups in total. The van der Waals surface area contributed by atoms with E-state index in [1.807, 2.05) is 0 Å². The fraction of sp³-hybridized carbons (Fsp3) is 0.519. The Balaban J connectivity index is 3.39. The minimum atomic E-state index is -1.31. The van der Waals surface area contributed by atoms with E-state index in [1.165, 1.54) is 0 Å². The third-order valence-corrected chi connectivity index (χ3v) is 5.18. The topological polar surface area (TPSA) is 177 Å². The predicted molar refractivity (Wildman–Crippen MR) is 142 cm³/mol. The number of nitrogens with zero attached hydrogens (tertiary/aromatic N) is 1. The van der Waals surface area contributed by atoms with Crippen molar-refractivity contribution in [2.45, 2.75) is 64.6 Å². The molecule has 0 aliphatic rings. The minimum absolute atomic E-state index is 0.0704. The number of aliphatic hydroxyl groups excluding tert-OH is 1. The Labute approximate surface area is 228 Å². The second kappa shape index (κ2) is 16.0. The molecule has 0 aliphatic carbocycles. The van der Waals surface area contributed by atoms with Crippen molar-refractivity contribution in [1.29, 1.82) is 0 Å². The van der Waals surface area contributed by atoms with Gasteiger partial charge in [0.05, 0.1) is 19.6 Å². The van der Waals surface area contributed by atoms with Crippen molar-refractivity contribution in [3.63, 3.8) is 0 Å². The molecule has 39 heavy (non-hydrogen) atoms. The number of ether oxygens (including phenoxy) is 2. The predicted octanol–water partition coefficient (Wildman–Crippen LogP) is 0.758. The maximum absolute atomic E-state index is 13.8. The first-order chi connectivity index (χ1) is 18.3. The molecule has 0 aromatic heterocycles. The lowest BCUT2D eigenvalue weighted by atomic mass is 10.0. The van der Waals surface area contributed by atoms with E-state index >= 15 is 0 Å². The first-order valence-corrected chi connectivity index (χ1v) is 12.5. The number of terminal acetylenes is 1. The van der Waals surface area contributed by atoms with Gasteiger partial charge < -0.3 is 35.8 Å². The number of hydrogen-bond acceptors (Lipinski definition) is 8. The SMILES string of the molecule is C#Cc1ccc(C(C(=O)NCCC(=O)OCC)N(CCO)C(=O)C(CCC(N)=O)NC(=O)OC(C)(C)C)cc1. The molecule has 0 saturated heterocycles. The van der Waals surface area contributed by atoms with Crippen LogP contribution >= 0.6 is 0 Å². The largest absolute Gasteiger partial charge is 0.466 e. The second-order valence-corrected chi connectivity index (χ2v) is 9.47. The lowest BCUT2D eigenvalue weighted by Gasteiger charge is -2.34. The number of nitrogens with one attached hydrogen (secondary N) is 2. The van der Waals surface area contributed by atoms with E-state index < -0.39 is 54.1 Å². The minimum Gasteiger partial charge on any atom is -0.466 e. The summed E-state index contributed by atoms with van der Waals surface area (Å²) in [5.74, 6) is -0.161. The maximum atomic E-state index is 13.8. The maximum Gasteiger partial charge on any atom is 0.408 e. The van der Waals surface area contributed by atoms with Gasteiger partial charge >= 0.3 is 12.1 Å². The standard InChI is InChI=1S/C27H38N4O8/c1-6-18-8-10-19(11-9-18)23(24(35)29-15-14-22(34)38-7-2)31(16-17-32)25(36)20(12-13-21(28)33)30-26(37)39-27(3,4)5/h1,8-11,20,23,32H,7,12-17H2,2-5H3,(H2,28,33)(H,29,35)(H,30,37). The molecular formula is C27H38N4O8. The van der Waals surface area contributed by atoms with Gasteiger partial charge in [0.25, 0.3) is 0 Å². The number of amides is 4. The Hall–Kier alpha value is -4.11. The number of aliphatic hydroxyl groups is 1. The van der Waals surface area contributed by atoms with Crippen molar-refractivity contribution in [2.24, 2.45) is 5.73 Å². The van der Waals surface area contributed by atoms with Crippen LogP contribution in [-0.2, 0) is 28.7 Å². The molecule has 0 spiro atoms. The van der Waals surface area contributed by atoms with Gasteiger partial charge in [0.2, 0.25) is 17.7 Å². The molecule has 0 aliphatic heterocycles. The highest BCUT2D eigenvalue weighted by atomic mass is 16.6. The van der Waals surface area contributed by atoms with Crippen LogP contribution in [-0.4, -0.2) is 77.7 Å². The van der Waals surface area contributed by atoms with Crippen molar-refractivity contribution in [3.05, 3.63) is 35.4 Å². The summed E-state index contributed by atoms with van der Waals surface area (Å²) in [6.07, 6.45) is 4.00. The van der Waals surface area contributed by atoms with Crippen LogP contribution in [0, 0.1) is 12.3 Å². The number of hydrogen-bond donors (Lipinski definition) is 4. The smallest absolute Gasteiger partial charge is 0.408 e. The summed E-state index contributed by atoms with van der Waals surface area (Å²) in [5, 5.41) is 14.8. The van der Waals surface area contributed by atoms with Crippen LogP contribution in [0.4, 0.5) is 4.79 Å². The van der Waals surface area contributed by atoms with E-state index in [2.05, 4.69) is 16.6 Å². The molecule has 0 bridgehead atoms. The molecule has 12 nitrogen and oxygen atoms in total. The number of esters is 1. The third-order valence-electron chi connectivity index (χ3n) is 5.18. The summed E-state index contributed by atoms with van der Waals surface area (Å²) >= 11 is 0. The molecular weight excluding hydrogens is 508 g/mol. The van der Waals surface area contributed by atoms with Crippen LogP contribution in [0.2, 0.25) is 0 Å². The number of alkyl carbamates (subject to hydrolysis) is 1. The summed E-state index contributed by atoms with van der Waals surface area (Å²) < 4.78 is 10.1. The molecule has 214 valence electrons. The second-order valence-electron chi connectivity index (χ2n) is 9.47. The van der Waals surface area contributed by atoms with Crippen molar-refractivity contribution in [3.8, 4) is 12.3 Å². The van der Waals surface area contributed by atoms with Gasteiger partial charge in [0.15, 0.2) is 0 Å². The van der Waals surface area contributed by atoms with Crippen LogP contribution in [0.3, 0.4) is 0 Å². The quantitative estimate of drug-likeness (QED) is 0.195. The van der Waals surface area contributed by atoms with E-state index in [4.69, 9.17) is 21.6 Å². The van der Waals surface area contributed by atoms with Crippen molar-refractivity contribution in [1.82, 2.24) is 15.5 Å². The Bertz CT molecular complexity index is 1040. The van der Waals surface area contributed by atoms with Crippen molar-refractivity contribution in [2.75, 3.05) is 26.3 Å². The molecule has 0 heterocycles. The Morgan fingerprint density at radius 1 is 1.13 bits per heavy atom. The summed E-state index contributed by atoms with van der Waals surface area (Å²) in [7, 11) is 0. The molecule has 2 unspecified atom stereocenters. The molecule has 0 radical (unpaired) electrons. The monoisotopic (exact) mass is 546 g/mol. The summed E-state index contributed by atoms with van der Waals surface area (Å²) in [6, 6.07) is 3.69. The lowest BCUT2D eigenvalue weighted by Crippen LogP contribution is -2.54. The third kappa shape index (κ3) is 11.9. The highest BCUT2D eigenvalue weighted by Crippen LogP contribution is 2.24. The first-order valence-electron chi connectivity index (χ1n) is 12.5. The number of benzene rings is 1. The van der Waals surface area contributed by atoms with Gasteiger partial charge in [-0.2, -0.15) is 0 Å². The number of rotatable bonds is 14. The molecule has 4 amide bonds. The van der Waals surface area contributed by atoms with Gasteiger partial charge in [-0.15, -0.1) is 6.42 Å². The normalized spacial score (nSPS) is 12.3. The van der Waals surface area contributed by atoms with Crippen LogP contribution < -0.4 is 16.4 Å². The van der Waals surface area contributed by atoms with E-state index in [-0.39, 0.29) is 39.0 Å². The fourth-order valence-electron chi connectivity index (χ4n) is 3.52. The molecule has 0 fully saturated rings. The van der Waals surface area contributed by atoms with Gasteiger partial charge in [0.1, 0.15) is 17.7 Å². The zero-order chi connectivity index (χ0) is 29.6. The van der Waals surface area contributed by atoms with E-state index in [1.54, 1.807) is 52.0 Å². The zero-order valence-electron chi connectivity index (χ0n) is 22.8. The van der Waals surface area contributed by atoms with E-state index in [9.17, 15) is 29.1 Å². The highest BCUT2D eigenvalue weighted by molar-refractivity contribution is 5.92. The summed E-state index contributed by atoms with van der Waals surface area (Å²) in [6.45, 7) is 5.88. The number of carbonyl (C=O) groups excluding carboxylic acids is 5. The van der Waals surface area contributed by atoms with Crippen LogP contribution in [0.25, 0.3) is 0 Å². The number of nitrogens with two attached hydrogens (primary N) is 1. The number of primary amides is 1. The van der Waals surface area contributed by atoms with Crippen LogP contribution in [0.1, 0.15) is 64.1 Å². The number of carbonyl (C=O) groups is 5. The molecule has 1 rings (SSSR count). The average molecular weight is 547 g/mol. The Kier molecular flexibility index (Phi) is 13.5. The summed E-state index contributed by atoms with van der Waals surface area (Å²) in [5.41, 5.74) is 5.29. The fourth-order valence-corrected chi connectivity index (χ4v) is 3.52. The van der Waals surface area contributed by atoms with Gasteiger partial charge in [-0.05, 0) is 51.8 Å². The van der Waals surface area contributed by atoms with E-state index in [0.717, 1.165) is 4.90 Å². The molecule has 0 saturated carbocycles. The van der Waals surface area contributed by atoms with Crippen molar-refractivity contribution >= 4 is 29.8 Å². The van der Waals surface area contributed by atoms with Crippen LogP contribution in [0.15, 0.2) is 24.3 Å². The Morgan fingerprint density at radius 3 is 2.28 bits per heavy atom. The van der Waals surface area contributed by atoms with Gasteiger partial charge in [-0.25, -0.2) is 4.79 Å². The highest BCUT2D eigenvalue weighted by Gasteiger charge is 2.36. The zero-order valence-corrected chi connectivity index (χ0v) is 22.8. The molecule has 12 heteroatoms. The van der Waals surface area contributed by atoms with Gasteiger partial charge in [-0.1, -0.05) is 18.1 Å².